The molecule has 0 atom stereocenters. The van der Waals surface area contributed by atoms with E-state index in [2.05, 4.69) is 81.6 Å². The van der Waals surface area contributed by atoms with Gasteiger partial charge in [0.2, 0.25) is 5.95 Å². The van der Waals surface area contributed by atoms with E-state index in [1.54, 1.807) is 0 Å². The molecule has 0 aliphatic carbocycles. The number of aromatic nitrogens is 2. The zero-order valence-corrected chi connectivity index (χ0v) is 16.4. The maximum atomic E-state index is 4.73. The molecule has 0 bridgehead atoms. The quantitative estimate of drug-likeness (QED) is 0.705. The van der Waals surface area contributed by atoms with Crippen LogP contribution in [0.2, 0.25) is 0 Å². The van der Waals surface area contributed by atoms with E-state index in [1.807, 2.05) is 12.3 Å². The zero-order chi connectivity index (χ0) is 19.2. The minimum absolute atomic E-state index is 0.800. The van der Waals surface area contributed by atoms with Gasteiger partial charge in [-0.2, -0.15) is 4.98 Å². The Kier molecular flexibility index (Phi) is 5.83. The van der Waals surface area contributed by atoms with Gasteiger partial charge in [-0.3, -0.25) is 4.90 Å². The Balaban J connectivity index is 1.35. The SMILES string of the molecule is CCc1ccc(Nc2ccnc(N3CCN(Cc4ccccc4)CC3)n2)cc1. The summed E-state index contributed by atoms with van der Waals surface area (Å²) in [5.41, 5.74) is 3.75. The monoisotopic (exact) mass is 373 g/mol. The molecule has 2 heterocycles. The number of aryl methyl sites for hydroxylation is 1. The van der Waals surface area contributed by atoms with Crippen LogP contribution in [0, 0.1) is 0 Å². The lowest BCUT2D eigenvalue weighted by Crippen LogP contribution is -2.46. The lowest BCUT2D eigenvalue weighted by molar-refractivity contribution is 0.248. The fourth-order valence-corrected chi connectivity index (χ4v) is 3.49. The molecule has 2 aromatic carbocycles. The van der Waals surface area contributed by atoms with E-state index in [-0.39, 0.29) is 0 Å². The maximum Gasteiger partial charge on any atom is 0.227 e. The van der Waals surface area contributed by atoms with E-state index >= 15 is 0 Å². The second kappa shape index (κ2) is 8.85. The van der Waals surface area contributed by atoms with Crippen LogP contribution in [-0.4, -0.2) is 41.0 Å². The Morgan fingerprint density at radius 3 is 2.32 bits per heavy atom. The van der Waals surface area contributed by atoms with Crippen molar-refractivity contribution in [3.05, 3.63) is 78.0 Å². The lowest BCUT2D eigenvalue weighted by Gasteiger charge is -2.34. The number of nitrogens with one attached hydrogen (secondary N) is 1. The van der Waals surface area contributed by atoms with Gasteiger partial charge in [-0.15, -0.1) is 0 Å². The molecule has 1 saturated heterocycles. The Morgan fingerprint density at radius 2 is 1.61 bits per heavy atom. The topological polar surface area (TPSA) is 44.3 Å². The van der Waals surface area contributed by atoms with Crippen molar-refractivity contribution in [2.75, 3.05) is 36.4 Å². The highest BCUT2D eigenvalue weighted by Gasteiger charge is 2.19. The van der Waals surface area contributed by atoms with E-state index < -0.39 is 0 Å². The van der Waals surface area contributed by atoms with E-state index in [0.717, 1.165) is 56.6 Å². The van der Waals surface area contributed by atoms with Gasteiger partial charge in [0.05, 0.1) is 0 Å². The van der Waals surface area contributed by atoms with Crippen molar-refractivity contribution >= 4 is 17.5 Å². The summed E-state index contributed by atoms with van der Waals surface area (Å²) < 4.78 is 0. The number of piperazine rings is 1. The molecule has 28 heavy (non-hydrogen) atoms. The van der Waals surface area contributed by atoms with Gasteiger partial charge in [0.25, 0.3) is 0 Å². The molecule has 1 aliphatic rings. The van der Waals surface area contributed by atoms with E-state index in [0.29, 0.717) is 0 Å². The van der Waals surface area contributed by atoms with Gasteiger partial charge in [-0.1, -0.05) is 49.4 Å². The Labute approximate surface area is 167 Å². The van der Waals surface area contributed by atoms with E-state index in [1.165, 1.54) is 11.1 Å². The third-order valence-corrected chi connectivity index (χ3v) is 5.18. The largest absolute Gasteiger partial charge is 0.340 e. The van der Waals surface area contributed by atoms with Crippen LogP contribution in [0.15, 0.2) is 66.9 Å². The summed E-state index contributed by atoms with van der Waals surface area (Å²) in [5, 5.41) is 3.39. The number of hydrogen-bond acceptors (Lipinski definition) is 5. The highest BCUT2D eigenvalue weighted by atomic mass is 15.3. The van der Waals surface area contributed by atoms with Crippen LogP contribution >= 0.6 is 0 Å². The molecule has 1 fully saturated rings. The van der Waals surface area contributed by atoms with Crippen molar-refractivity contribution in [1.82, 2.24) is 14.9 Å². The highest BCUT2D eigenvalue weighted by molar-refractivity contribution is 5.57. The standard InChI is InChI=1S/C23H27N5/c1-2-19-8-10-21(11-9-19)25-22-12-13-24-23(26-22)28-16-14-27(15-17-28)18-20-6-4-3-5-7-20/h3-13H,2,14-18H2,1H3,(H,24,25,26). The van der Waals surface area contributed by atoms with Crippen LogP contribution in [0.1, 0.15) is 18.1 Å². The first kappa shape index (κ1) is 18.4. The smallest absolute Gasteiger partial charge is 0.227 e. The van der Waals surface area contributed by atoms with Crippen molar-refractivity contribution in [2.45, 2.75) is 19.9 Å². The summed E-state index contributed by atoms with van der Waals surface area (Å²) in [6.07, 6.45) is 2.88. The molecule has 5 nitrogen and oxygen atoms in total. The van der Waals surface area contributed by atoms with Crippen molar-refractivity contribution in [2.24, 2.45) is 0 Å². The van der Waals surface area contributed by atoms with Crippen molar-refractivity contribution in [3.8, 4) is 0 Å². The zero-order valence-electron chi connectivity index (χ0n) is 16.4. The van der Waals surface area contributed by atoms with Gasteiger partial charge in [0, 0.05) is 44.6 Å². The number of rotatable bonds is 6. The second-order valence-corrected chi connectivity index (χ2v) is 7.17. The van der Waals surface area contributed by atoms with Gasteiger partial charge in [-0.05, 0) is 35.7 Å². The average Bonchev–Trinajstić information content (AvgIpc) is 2.76. The van der Waals surface area contributed by atoms with E-state index in [9.17, 15) is 0 Å². The number of hydrogen-bond donors (Lipinski definition) is 1. The van der Waals surface area contributed by atoms with Crippen LogP contribution < -0.4 is 10.2 Å². The molecule has 4 rings (SSSR count). The molecule has 0 radical (unpaired) electrons. The molecule has 1 aromatic heterocycles. The molecule has 5 heteroatoms. The van der Waals surface area contributed by atoms with E-state index in [4.69, 9.17) is 4.98 Å². The molecular weight excluding hydrogens is 346 g/mol. The average molecular weight is 374 g/mol. The molecule has 1 N–H and O–H groups in total. The summed E-state index contributed by atoms with van der Waals surface area (Å²) in [6.45, 7) is 7.11. The van der Waals surface area contributed by atoms with Gasteiger partial charge >= 0.3 is 0 Å². The first-order valence-corrected chi connectivity index (χ1v) is 10.0. The van der Waals surface area contributed by atoms with Gasteiger partial charge < -0.3 is 10.2 Å². The molecule has 144 valence electrons. The first-order valence-electron chi connectivity index (χ1n) is 10.0. The Bertz CT molecular complexity index is 871. The maximum absolute atomic E-state index is 4.73. The molecular formula is C23H27N5. The Hall–Kier alpha value is -2.92. The number of anilines is 3. The summed E-state index contributed by atoms with van der Waals surface area (Å²) in [7, 11) is 0. The summed E-state index contributed by atoms with van der Waals surface area (Å²) in [4.78, 5) is 14.0. The number of nitrogens with zero attached hydrogens (tertiary/aromatic N) is 4. The third kappa shape index (κ3) is 4.67. The fraction of sp³-hybridized carbons (Fsp3) is 0.304. The predicted molar refractivity (Wildman–Crippen MR) is 115 cm³/mol. The minimum Gasteiger partial charge on any atom is -0.340 e. The summed E-state index contributed by atoms with van der Waals surface area (Å²) in [6, 6.07) is 21.1. The minimum atomic E-state index is 0.800. The van der Waals surface area contributed by atoms with Gasteiger partial charge in [0.1, 0.15) is 5.82 Å². The van der Waals surface area contributed by atoms with Crippen LogP contribution in [0.25, 0.3) is 0 Å². The van der Waals surface area contributed by atoms with Crippen LogP contribution in [0.5, 0.6) is 0 Å². The van der Waals surface area contributed by atoms with Crippen molar-refractivity contribution in [1.29, 1.82) is 0 Å². The Morgan fingerprint density at radius 1 is 0.857 bits per heavy atom. The third-order valence-electron chi connectivity index (χ3n) is 5.18. The molecule has 1 aliphatic heterocycles. The summed E-state index contributed by atoms with van der Waals surface area (Å²) in [5.74, 6) is 1.63. The summed E-state index contributed by atoms with van der Waals surface area (Å²) >= 11 is 0. The normalized spacial score (nSPS) is 14.8. The molecule has 3 aromatic rings. The molecule has 0 saturated carbocycles. The number of benzene rings is 2. The van der Waals surface area contributed by atoms with Crippen LogP contribution in [0.3, 0.4) is 0 Å². The molecule has 0 amide bonds. The lowest BCUT2D eigenvalue weighted by atomic mass is 10.1. The molecule has 0 unspecified atom stereocenters. The highest BCUT2D eigenvalue weighted by Crippen LogP contribution is 2.19. The molecule has 0 spiro atoms. The van der Waals surface area contributed by atoms with Crippen molar-refractivity contribution in [3.63, 3.8) is 0 Å². The van der Waals surface area contributed by atoms with Crippen LogP contribution in [-0.2, 0) is 13.0 Å². The van der Waals surface area contributed by atoms with Crippen LogP contribution in [0.4, 0.5) is 17.5 Å². The first-order chi connectivity index (χ1) is 13.8. The van der Waals surface area contributed by atoms with Gasteiger partial charge in [-0.25, -0.2) is 4.98 Å². The van der Waals surface area contributed by atoms with Gasteiger partial charge in [0.15, 0.2) is 0 Å². The second-order valence-electron chi connectivity index (χ2n) is 7.17. The predicted octanol–water partition coefficient (Wildman–Crippen LogP) is 4.10. The van der Waals surface area contributed by atoms with Crippen molar-refractivity contribution < 1.29 is 0 Å². The fourth-order valence-electron chi connectivity index (χ4n) is 3.49.